The van der Waals surface area contributed by atoms with E-state index < -0.39 is 5.54 Å². The van der Waals surface area contributed by atoms with E-state index in [0.29, 0.717) is 12.6 Å². The Hall–Kier alpha value is -0.610. The molecular formula is C9H17NO3. The lowest BCUT2D eigenvalue weighted by molar-refractivity contribution is -0.150. The molecule has 4 nitrogen and oxygen atoms in total. The number of carbonyl (C=O) groups excluding carboxylic acids is 1. The first-order valence-corrected chi connectivity index (χ1v) is 4.47. The molecule has 1 fully saturated rings. The summed E-state index contributed by atoms with van der Waals surface area (Å²) in [5.74, 6) is -0.263. The highest BCUT2D eigenvalue weighted by atomic mass is 16.5. The van der Waals surface area contributed by atoms with Crippen molar-refractivity contribution >= 4 is 5.97 Å². The van der Waals surface area contributed by atoms with Gasteiger partial charge in [-0.05, 0) is 19.8 Å². The van der Waals surface area contributed by atoms with Gasteiger partial charge in [-0.15, -0.1) is 0 Å². The van der Waals surface area contributed by atoms with E-state index in [-0.39, 0.29) is 5.97 Å². The summed E-state index contributed by atoms with van der Waals surface area (Å²) < 4.78 is 9.71. The van der Waals surface area contributed by atoms with Crippen molar-refractivity contribution in [3.63, 3.8) is 0 Å². The van der Waals surface area contributed by atoms with Crippen LogP contribution in [0.3, 0.4) is 0 Å². The molecule has 0 saturated heterocycles. The van der Waals surface area contributed by atoms with Crippen LogP contribution < -0.4 is 5.32 Å². The molecule has 0 aromatic heterocycles. The van der Waals surface area contributed by atoms with Crippen molar-refractivity contribution in [1.82, 2.24) is 5.32 Å². The third-order valence-corrected chi connectivity index (χ3v) is 2.17. The Balaban J connectivity index is 2.54. The first-order valence-electron chi connectivity index (χ1n) is 4.47. The molecule has 1 unspecified atom stereocenters. The number of nitrogens with one attached hydrogen (secondary N) is 1. The highest BCUT2D eigenvalue weighted by Crippen LogP contribution is 2.23. The molecule has 0 bridgehead atoms. The summed E-state index contributed by atoms with van der Waals surface area (Å²) in [5, 5.41) is 3.22. The predicted molar refractivity (Wildman–Crippen MR) is 48.5 cm³/mol. The summed E-state index contributed by atoms with van der Waals surface area (Å²) in [7, 11) is 2.97. The van der Waals surface area contributed by atoms with E-state index >= 15 is 0 Å². The Bertz CT molecular complexity index is 191. The van der Waals surface area contributed by atoms with Gasteiger partial charge in [0.25, 0.3) is 0 Å². The van der Waals surface area contributed by atoms with Crippen LogP contribution >= 0.6 is 0 Å². The van der Waals surface area contributed by atoms with E-state index in [1.54, 1.807) is 14.0 Å². The average Bonchev–Trinajstić information content (AvgIpc) is 2.87. The normalized spacial score (nSPS) is 20.8. The maximum Gasteiger partial charge on any atom is 0.328 e. The highest BCUT2D eigenvalue weighted by Gasteiger charge is 2.39. The number of hydrogen-bond donors (Lipinski definition) is 1. The van der Waals surface area contributed by atoms with E-state index in [1.165, 1.54) is 7.11 Å². The molecule has 0 heterocycles. The second kappa shape index (κ2) is 4.07. The minimum Gasteiger partial charge on any atom is -0.468 e. The molecule has 0 amide bonds. The quantitative estimate of drug-likeness (QED) is 0.629. The standard InChI is InChI=1S/C9H17NO3/c1-9(6-12-2,8(11)13-3)10-7-4-5-7/h7,10H,4-6H2,1-3H3. The van der Waals surface area contributed by atoms with Gasteiger partial charge in [0, 0.05) is 13.2 Å². The van der Waals surface area contributed by atoms with Crippen LogP contribution in [0, 0.1) is 0 Å². The van der Waals surface area contributed by atoms with Gasteiger partial charge < -0.3 is 9.47 Å². The summed E-state index contributed by atoms with van der Waals surface area (Å²) in [6, 6.07) is 0.458. The average molecular weight is 187 g/mol. The number of esters is 1. The fourth-order valence-corrected chi connectivity index (χ4v) is 1.35. The fraction of sp³-hybridized carbons (Fsp3) is 0.889. The van der Waals surface area contributed by atoms with Gasteiger partial charge in [-0.2, -0.15) is 0 Å². The molecule has 0 aliphatic heterocycles. The summed E-state index contributed by atoms with van der Waals surface area (Å²) >= 11 is 0. The van der Waals surface area contributed by atoms with Crippen LogP contribution in [-0.2, 0) is 14.3 Å². The summed E-state index contributed by atoms with van der Waals surface area (Å²) in [6.45, 7) is 2.15. The van der Waals surface area contributed by atoms with E-state index in [1.807, 2.05) is 0 Å². The Labute approximate surface area is 78.6 Å². The molecule has 0 radical (unpaired) electrons. The smallest absolute Gasteiger partial charge is 0.328 e. The maximum absolute atomic E-state index is 11.4. The molecule has 1 N–H and O–H groups in total. The van der Waals surface area contributed by atoms with Crippen molar-refractivity contribution < 1.29 is 14.3 Å². The van der Waals surface area contributed by atoms with Crippen LogP contribution in [0.1, 0.15) is 19.8 Å². The summed E-state index contributed by atoms with van der Waals surface area (Å²) in [4.78, 5) is 11.4. The molecule has 4 heteroatoms. The molecule has 1 saturated carbocycles. The van der Waals surface area contributed by atoms with Crippen molar-refractivity contribution in [2.75, 3.05) is 20.8 Å². The molecule has 1 aliphatic carbocycles. The minimum absolute atomic E-state index is 0.263. The van der Waals surface area contributed by atoms with Gasteiger partial charge in [-0.25, -0.2) is 4.79 Å². The van der Waals surface area contributed by atoms with Crippen molar-refractivity contribution in [3.8, 4) is 0 Å². The third-order valence-electron chi connectivity index (χ3n) is 2.17. The summed E-state index contributed by atoms with van der Waals surface area (Å²) in [6.07, 6.45) is 2.27. The second-order valence-corrected chi connectivity index (χ2v) is 3.68. The molecular weight excluding hydrogens is 170 g/mol. The van der Waals surface area contributed by atoms with Crippen molar-refractivity contribution in [2.24, 2.45) is 0 Å². The second-order valence-electron chi connectivity index (χ2n) is 3.68. The molecule has 76 valence electrons. The van der Waals surface area contributed by atoms with Gasteiger partial charge in [0.1, 0.15) is 5.54 Å². The van der Waals surface area contributed by atoms with Crippen molar-refractivity contribution in [1.29, 1.82) is 0 Å². The van der Waals surface area contributed by atoms with Gasteiger partial charge in [0.2, 0.25) is 0 Å². The Kier molecular flexibility index (Phi) is 3.27. The van der Waals surface area contributed by atoms with Crippen LogP contribution in [0.25, 0.3) is 0 Å². The molecule has 13 heavy (non-hydrogen) atoms. The molecule has 1 aliphatic rings. The molecule has 1 rings (SSSR count). The fourth-order valence-electron chi connectivity index (χ4n) is 1.35. The monoisotopic (exact) mass is 187 g/mol. The van der Waals surface area contributed by atoms with E-state index in [2.05, 4.69) is 5.32 Å². The number of rotatable bonds is 5. The highest BCUT2D eigenvalue weighted by molar-refractivity contribution is 5.80. The lowest BCUT2D eigenvalue weighted by Crippen LogP contribution is -2.54. The Morgan fingerprint density at radius 2 is 2.15 bits per heavy atom. The van der Waals surface area contributed by atoms with Gasteiger partial charge >= 0.3 is 5.97 Å². The van der Waals surface area contributed by atoms with Crippen LogP contribution in [0.4, 0.5) is 0 Å². The van der Waals surface area contributed by atoms with Crippen LogP contribution in [0.15, 0.2) is 0 Å². The third kappa shape index (κ3) is 2.67. The zero-order valence-corrected chi connectivity index (χ0v) is 8.42. The Morgan fingerprint density at radius 3 is 2.54 bits per heavy atom. The number of methoxy groups -OCH3 is 2. The lowest BCUT2D eigenvalue weighted by atomic mass is 10.0. The van der Waals surface area contributed by atoms with E-state index in [0.717, 1.165) is 12.8 Å². The lowest BCUT2D eigenvalue weighted by Gasteiger charge is -2.27. The van der Waals surface area contributed by atoms with Gasteiger partial charge in [0.05, 0.1) is 13.7 Å². The zero-order chi connectivity index (χ0) is 9.90. The minimum atomic E-state index is -0.690. The van der Waals surface area contributed by atoms with Crippen LogP contribution in [-0.4, -0.2) is 38.4 Å². The topological polar surface area (TPSA) is 47.6 Å². The van der Waals surface area contributed by atoms with Crippen molar-refractivity contribution in [2.45, 2.75) is 31.3 Å². The first-order chi connectivity index (χ1) is 6.12. The number of hydrogen-bond acceptors (Lipinski definition) is 4. The van der Waals surface area contributed by atoms with E-state index in [4.69, 9.17) is 9.47 Å². The number of carbonyl (C=O) groups is 1. The van der Waals surface area contributed by atoms with Crippen molar-refractivity contribution in [3.05, 3.63) is 0 Å². The molecule has 0 spiro atoms. The summed E-state index contributed by atoms with van der Waals surface area (Å²) in [5.41, 5.74) is -0.690. The zero-order valence-electron chi connectivity index (χ0n) is 8.42. The van der Waals surface area contributed by atoms with Gasteiger partial charge in [0.15, 0.2) is 0 Å². The van der Waals surface area contributed by atoms with Crippen LogP contribution in [0.5, 0.6) is 0 Å². The predicted octanol–water partition coefficient (Wildman–Crippen LogP) is 0.316. The van der Waals surface area contributed by atoms with Gasteiger partial charge in [-0.3, -0.25) is 5.32 Å². The first kappa shape index (κ1) is 10.5. The number of ether oxygens (including phenoxy) is 2. The molecule has 0 aromatic carbocycles. The van der Waals surface area contributed by atoms with Crippen LogP contribution in [0.2, 0.25) is 0 Å². The SMILES string of the molecule is COCC(C)(NC1CC1)C(=O)OC. The Morgan fingerprint density at radius 1 is 1.54 bits per heavy atom. The van der Waals surface area contributed by atoms with E-state index in [9.17, 15) is 4.79 Å². The van der Waals surface area contributed by atoms with Gasteiger partial charge in [-0.1, -0.05) is 0 Å². The largest absolute Gasteiger partial charge is 0.468 e. The maximum atomic E-state index is 11.4. The molecule has 0 aromatic rings. The molecule has 1 atom stereocenters.